The van der Waals surface area contributed by atoms with Gasteiger partial charge < -0.3 is 52.6 Å². The van der Waals surface area contributed by atoms with E-state index < -0.39 is 47.0 Å². The normalized spacial score (nSPS) is 16.5. The molecule has 1 aliphatic carbocycles. The van der Waals surface area contributed by atoms with Crippen molar-refractivity contribution in [3.8, 4) is 0 Å². The lowest BCUT2D eigenvalue weighted by atomic mass is 9.78. The second kappa shape index (κ2) is 44.7. The quantitative estimate of drug-likeness (QED) is 0.0588. The molecule has 0 atom stereocenters. The number of ketones is 3. The summed E-state index contributed by atoms with van der Waals surface area (Å²) < 4.78 is 167. The second-order valence-electron chi connectivity index (χ2n) is 38.2. The van der Waals surface area contributed by atoms with Gasteiger partial charge in [0.05, 0.1) is 114 Å². The molecule has 8 heterocycles. The van der Waals surface area contributed by atoms with Gasteiger partial charge in [-0.15, -0.1) is 0 Å². The zero-order chi connectivity index (χ0) is 107. The number of rotatable bonds is 19. The van der Waals surface area contributed by atoms with E-state index >= 15 is 0 Å². The van der Waals surface area contributed by atoms with Gasteiger partial charge in [-0.3, -0.25) is 28.9 Å². The average molecular weight is 2190 g/mol. The number of halogens is 20. The summed E-state index contributed by atoms with van der Waals surface area (Å²) in [6, 6.07) is 22.4. The molecule has 1 saturated carbocycles. The number of benzene rings is 8. The number of fused-ring (bicyclic) bond motifs is 4. The Kier molecular flexibility index (Phi) is 34.1. The van der Waals surface area contributed by atoms with Crippen LogP contribution in [0.1, 0.15) is 216 Å². The fourth-order valence-electron chi connectivity index (χ4n) is 19.9. The lowest BCUT2D eigenvalue weighted by Crippen LogP contribution is -2.55. The number of nitrogens with zero attached hydrogens (tertiary/aromatic N) is 13. The number of alkyl halides is 12. The van der Waals surface area contributed by atoms with Crippen molar-refractivity contribution in [3.63, 3.8) is 0 Å². The Balaban J connectivity index is 0.000000154. The van der Waals surface area contributed by atoms with Crippen LogP contribution in [0, 0.1) is 51.4 Å². The zero-order valence-corrected chi connectivity index (χ0v) is 87.5. The number of piperidine rings is 3. The minimum atomic E-state index is -4.48. The maximum Gasteiger partial charge on any atom is 0.416 e. The summed E-state index contributed by atoms with van der Waals surface area (Å²) in [5.41, 5.74) is 4.48. The number of amides is 4. The van der Waals surface area contributed by atoms with E-state index in [-0.39, 0.29) is 138 Å². The molecule has 41 heteroatoms. The summed E-state index contributed by atoms with van der Waals surface area (Å²) in [7, 11) is 6.74. The Bertz CT molecular complexity index is 7030. The SMILES string of the molecule is C=C(O)C1CC(N2CCN(C(=O)c3ccc(Cl)c(Cc4nc5c(C)cc(C(F)(F)F)cc5n4C)c3Cl)CC2)C1.CC(=O)C1CCN(C(=O)c2ccc(Cl)c(Cc3nc4c(C)c(C(F)(F)F)ccc4n3C)c2Cl)CC1.CC(=O)CC1CCN(C(=O)c2ccc(Cl)c(Cc3nc4c(C)c(C(F)(F)F)ccc4n3C)c2Cl)CC1.CC(=O)CC1CCN(C(=O)c2ccc(Cl)c(Cc3nc4c(C)cc(C(F)(F)F)cc4n3C)c2Cl)CC1. The number of aliphatic hydroxyl groups excluding tert-OH is 1. The molecule has 8 aromatic carbocycles. The van der Waals surface area contributed by atoms with Gasteiger partial charge in [0.15, 0.2) is 0 Å². The first kappa shape index (κ1) is 111. The Labute approximate surface area is 874 Å². The molecule has 5 aliphatic rings. The molecule has 4 saturated heterocycles. The maximum atomic E-state index is 13.4. The highest BCUT2D eigenvalue weighted by molar-refractivity contribution is 6.40. The summed E-state index contributed by atoms with van der Waals surface area (Å²) in [6.45, 7) is 20.0. The summed E-state index contributed by atoms with van der Waals surface area (Å²) in [5, 5.41) is 11.8. The van der Waals surface area contributed by atoms with Crippen LogP contribution in [0.25, 0.3) is 44.1 Å². The van der Waals surface area contributed by atoms with Crippen molar-refractivity contribution in [2.75, 3.05) is 65.4 Å². The zero-order valence-electron chi connectivity index (χ0n) is 81.5. The number of imidazole rings is 4. The third kappa shape index (κ3) is 24.2. The predicted molar refractivity (Wildman–Crippen MR) is 542 cm³/mol. The van der Waals surface area contributed by atoms with Crippen LogP contribution in [0.3, 0.4) is 0 Å². The highest BCUT2D eigenvalue weighted by Crippen LogP contribution is 2.45. The first-order valence-corrected chi connectivity index (χ1v) is 50.3. The number of piperazine rings is 1. The number of carbonyl (C=O) groups excluding carboxylic acids is 7. The highest BCUT2D eigenvalue weighted by Gasteiger charge is 2.42. The molecular formula is C105H105Cl8F12N13O8. The molecular weight excluding hydrogens is 2080 g/mol. The largest absolute Gasteiger partial charge is 0.513 e. The van der Waals surface area contributed by atoms with Gasteiger partial charge in [-0.1, -0.05) is 99.4 Å². The highest BCUT2D eigenvalue weighted by atomic mass is 35.5. The predicted octanol–water partition coefficient (Wildman–Crippen LogP) is 25.9. The molecule has 0 radical (unpaired) electrons. The van der Waals surface area contributed by atoms with Gasteiger partial charge in [0, 0.05) is 170 Å². The molecule has 0 spiro atoms. The van der Waals surface area contributed by atoms with E-state index in [0.717, 1.165) is 88.0 Å². The molecule has 4 amide bonds. The van der Waals surface area contributed by atoms with Crippen molar-refractivity contribution >= 4 is 178 Å². The topological polar surface area (TPSA) is 227 Å². The van der Waals surface area contributed by atoms with Gasteiger partial charge >= 0.3 is 24.7 Å². The Morgan fingerprint density at radius 3 is 0.918 bits per heavy atom. The van der Waals surface area contributed by atoms with Crippen LogP contribution in [0.4, 0.5) is 52.7 Å². The van der Waals surface area contributed by atoms with Crippen molar-refractivity contribution < 1.29 is 91.4 Å². The Morgan fingerprint density at radius 2 is 0.644 bits per heavy atom. The molecule has 21 nitrogen and oxygen atoms in total. The second-order valence-corrected chi connectivity index (χ2v) is 41.4. The van der Waals surface area contributed by atoms with Crippen molar-refractivity contribution in [2.45, 2.75) is 169 Å². The van der Waals surface area contributed by atoms with E-state index in [4.69, 9.17) is 92.8 Å². The van der Waals surface area contributed by atoms with Crippen LogP contribution in [0.5, 0.6) is 0 Å². The smallest absolute Gasteiger partial charge is 0.416 e. The number of likely N-dealkylation sites (tertiary alicyclic amines) is 3. The van der Waals surface area contributed by atoms with Crippen molar-refractivity contribution in [1.82, 2.24) is 62.7 Å². The molecule has 1 N–H and O–H groups in total. The van der Waals surface area contributed by atoms with E-state index in [9.17, 15) is 91.4 Å². The molecule has 0 bridgehead atoms. The minimum absolute atomic E-state index is 0.0332. The van der Waals surface area contributed by atoms with E-state index in [0.29, 0.717) is 216 Å². The van der Waals surface area contributed by atoms with Crippen LogP contribution in [0.15, 0.2) is 109 Å². The lowest BCUT2D eigenvalue weighted by molar-refractivity contribution is -0.138. The van der Waals surface area contributed by atoms with Gasteiger partial charge in [0.1, 0.15) is 40.6 Å². The van der Waals surface area contributed by atoms with Crippen LogP contribution in [0.2, 0.25) is 40.2 Å². The molecule has 4 aliphatic heterocycles. The van der Waals surface area contributed by atoms with E-state index in [1.54, 1.807) is 149 Å². The van der Waals surface area contributed by atoms with E-state index in [2.05, 4.69) is 31.4 Å². The van der Waals surface area contributed by atoms with Crippen molar-refractivity contribution in [1.29, 1.82) is 0 Å². The molecule has 778 valence electrons. The standard InChI is InChI=1S/C28H29Cl2F3N4O2.2C26H26Cl2F3N3O2.C25H24Cl2F3N3O2/c1-15-10-18(28(31,32)33)13-23-26(15)34-24(35(23)3)14-21-22(29)5-4-20(25(21)30)27(39)37-8-6-36(7-9-37)19-11-17(12-19)16(2)38;1-14(35)12-16-8-10-34(11-9-16)25(36)17-4-6-20(27)18(23(17)28)13-22-32-24-15(2)19(26(29,30)31)5-7-21(24)33(22)3;1-14-10-17(26(29,30)31)12-21-24(14)32-22(33(21)3)13-19-20(27)5-4-18(23(19)28)25(36)34-8-6-16(7-9-34)11-15(2)35;1-13-18(25(28,29)30)5-7-20-23(13)31-21(32(20)3)12-17-19(26)6-4-16(22(17)27)24(35)33-10-8-15(9-11-33)14(2)34/h4-5,10,13,17,19,38H,2,6-9,11-12,14H2,1,3H3;4-7,16H,8-13H2,1-3H3;4-5,10,12,16H,6-9,11,13H2,1-3H3;4-7,15H,8-12H2,1-3H3. The third-order valence-electron chi connectivity index (χ3n) is 28.6. The van der Waals surface area contributed by atoms with Crippen molar-refractivity contribution in [3.05, 3.63) is 262 Å². The van der Waals surface area contributed by atoms with Crippen LogP contribution in [-0.2, 0) is 93.0 Å². The summed E-state index contributed by atoms with van der Waals surface area (Å²) in [6.07, 6.45) is -10.3. The van der Waals surface area contributed by atoms with Gasteiger partial charge in [-0.05, 0) is 253 Å². The summed E-state index contributed by atoms with van der Waals surface area (Å²) in [4.78, 5) is 115. The molecule has 0 unspecified atom stereocenters. The van der Waals surface area contributed by atoms with Crippen LogP contribution >= 0.6 is 92.8 Å². The molecule has 12 aromatic rings. The fraction of sp³-hybridized carbons (Fsp3) is 0.419. The minimum Gasteiger partial charge on any atom is -0.513 e. The maximum absolute atomic E-state index is 13.4. The Hall–Kier alpha value is -10.5. The number of aliphatic hydroxyl groups is 1. The van der Waals surface area contributed by atoms with Crippen LogP contribution in [-0.4, -0.2) is 180 Å². The van der Waals surface area contributed by atoms with E-state index in [1.807, 2.05) is 0 Å². The fourth-order valence-corrected chi connectivity index (χ4v) is 22.3. The number of aryl methyl sites for hydroxylation is 8. The first-order valence-electron chi connectivity index (χ1n) is 47.3. The van der Waals surface area contributed by atoms with Gasteiger partial charge in [0.25, 0.3) is 23.6 Å². The monoisotopic (exact) mass is 2180 g/mol. The summed E-state index contributed by atoms with van der Waals surface area (Å²) in [5.74, 6) is 2.41. The lowest BCUT2D eigenvalue weighted by Gasteiger charge is -2.46. The number of carbonyl (C=O) groups is 7. The number of hydrogen-bond acceptors (Lipinski definition) is 13. The average Bonchev–Trinajstić information content (AvgIpc) is 1.61. The van der Waals surface area contributed by atoms with Crippen molar-refractivity contribution in [2.24, 2.45) is 51.9 Å². The molecule has 5 fully saturated rings. The summed E-state index contributed by atoms with van der Waals surface area (Å²) >= 11 is 52.6. The van der Waals surface area contributed by atoms with E-state index in [1.165, 1.54) is 26.0 Å². The Morgan fingerprint density at radius 1 is 0.363 bits per heavy atom. The molecule has 17 rings (SSSR count). The van der Waals surface area contributed by atoms with Gasteiger partial charge in [0.2, 0.25) is 0 Å². The number of Topliss-reactive ketones (excluding diaryl/α,β-unsaturated/α-hetero) is 3. The molecule has 146 heavy (non-hydrogen) atoms. The van der Waals surface area contributed by atoms with Crippen LogP contribution < -0.4 is 0 Å². The number of allylic oxidation sites excluding steroid dienone is 1. The van der Waals surface area contributed by atoms with Gasteiger partial charge in [-0.25, -0.2) is 19.9 Å². The number of aromatic nitrogens is 8. The number of hydrogen-bond donors (Lipinski definition) is 1. The third-order valence-corrected chi connectivity index (χ3v) is 31.8. The van der Waals surface area contributed by atoms with Gasteiger partial charge in [-0.2, -0.15) is 52.7 Å². The first-order chi connectivity index (χ1) is 68.5. The molecule has 4 aromatic heterocycles.